The van der Waals surface area contributed by atoms with Crippen LogP contribution in [0.5, 0.6) is 0 Å². The summed E-state index contributed by atoms with van der Waals surface area (Å²) in [5, 5.41) is 28.9. The van der Waals surface area contributed by atoms with Crippen LogP contribution in [-0.2, 0) is 9.53 Å². The second-order valence-corrected chi connectivity index (χ2v) is 7.85. The molecule has 2 rings (SSSR count). The van der Waals surface area contributed by atoms with Crippen LogP contribution in [0, 0.1) is 11.3 Å². The van der Waals surface area contributed by atoms with Gasteiger partial charge in [-0.05, 0) is 55.9 Å². The average Bonchev–Trinajstić information content (AvgIpc) is 2.81. The highest BCUT2D eigenvalue weighted by Crippen LogP contribution is 2.50. The van der Waals surface area contributed by atoms with Gasteiger partial charge in [-0.3, -0.25) is 0 Å². The Bertz CT molecular complexity index is 599. The Morgan fingerprint density at radius 3 is 2.80 bits per heavy atom. The molecular weight excluding hydrogens is 320 g/mol. The summed E-state index contributed by atoms with van der Waals surface area (Å²) < 4.78 is 4.98. The summed E-state index contributed by atoms with van der Waals surface area (Å²) in [5.74, 6) is -0.0937. The quantitative estimate of drug-likeness (QED) is 0.485. The number of aliphatic hydroxyl groups excluding tert-OH is 3. The first-order chi connectivity index (χ1) is 11.7. The predicted octanol–water partition coefficient (Wildman–Crippen LogP) is 2.62. The molecule has 0 saturated heterocycles. The van der Waals surface area contributed by atoms with E-state index in [-0.39, 0.29) is 12.0 Å². The fourth-order valence-corrected chi connectivity index (χ4v) is 4.03. The van der Waals surface area contributed by atoms with Gasteiger partial charge in [0.05, 0.1) is 12.7 Å². The lowest BCUT2D eigenvalue weighted by Crippen LogP contribution is -2.33. The van der Waals surface area contributed by atoms with Crippen molar-refractivity contribution in [3.63, 3.8) is 0 Å². The van der Waals surface area contributed by atoms with E-state index >= 15 is 0 Å². The third kappa shape index (κ3) is 4.40. The zero-order chi connectivity index (χ0) is 18.8. The van der Waals surface area contributed by atoms with E-state index in [2.05, 4.69) is 6.58 Å². The van der Waals surface area contributed by atoms with Gasteiger partial charge >= 0.3 is 5.97 Å². The number of hydrogen-bond donors (Lipinski definition) is 3. The third-order valence-electron chi connectivity index (χ3n) is 5.54. The van der Waals surface area contributed by atoms with Crippen molar-refractivity contribution in [2.45, 2.75) is 65.3 Å². The molecule has 0 spiro atoms. The van der Waals surface area contributed by atoms with Gasteiger partial charge < -0.3 is 20.1 Å². The van der Waals surface area contributed by atoms with Crippen molar-refractivity contribution in [2.24, 2.45) is 11.3 Å². The molecule has 3 unspecified atom stereocenters. The van der Waals surface area contributed by atoms with Crippen LogP contribution in [0.4, 0.5) is 0 Å². The largest absolute Gasteiger partial charge is 0.428 e. The highest BCUT2D eigenvalue weighted by molar-refractivity contribution is 5.93. The van der Waals surface area contributed by atoms with Crippen molar-refractivity contribution in [1.82, 2.24) is 0 Å². The van der Waals surface area contributed by atoms with Crippen LogP contribution in [0.1, 0.15) is 52.9 Å². The molecule has 0 amide bonds. The smallest absolute Gasteiger partial charge is 0.337 e. The highest BCUT2D eigenvalue weighted by atomic mass is 16.6. The molecule has 0 bridgehead atoms. The molecule has 0 radical (unpaired) electrons. The van der Waals surface area contributed by atoms with Gasteiger partial charge in [0, 0.05) is 11.1 Å². The number of rotatable bonds is 7. The Labute approximate surface area is 149 Å². The molecular formula is C20H30O5. The van der Waals surface area contributed by atoms with Gasteiger partial charge in [0.2, 0.25) is 6.29 Å². The molecule has 25 heavy (non-hydrogen) atoms. The van der Waals surface area contributed by atoms with Crippen LogP contribution in [-0.4, -0.2) is 40.3 Å². The summed E-state index contributed by atoms with van der Waals surface area (Å²) in [6, 6.07) is 0. The van der Waals surface area contributed by atoms with Gasteiger partial charge in [-0.25, -0.2) is 4.79 Å². The minimum Gasteiger partial charge on any atom is -0.428 e. The van der Waals surface area contributed by atoms with E-state index in [1.54, 1.807) is 13.0 Å². The summed E-state index contributed by atoms with van der Waals surface area (Å²) in [7, 11) is 0. The Morgan fingerprint density at radius 2 is 2.16 bits per heavy atom. The molecule has 1 aliphatic carbocycles. The van der Waals surface area contributed by atoms with Crippen LogP contribution < -0.4 is 0 Å². The monoisotopic (exact) mass is 350 g/mol. The maximum absolute atomic E-state index is 12.1. The van der Waals surface area contributed by atoms with Gasteiger partial charge in [0.15, 0.2) is 0 Å². The molecule has 140 valence electrons. The van der Waals surface area contributed by atoms with Crippen molar-refractivity contribution in [2.75, 3.05) is 6.61 Å². The number of aliphatic hydroxyl groups is 3. The Hall–Kier alpha value is -1.43. The molecule has 1 aliphatic heterocycles. The van der Waals surface area contributed by atoms with Crippen molar-refractivity contribution >= 4 is 5.97 Å². The number of esters is 1. The minimum absolute atomic E-state index is 0.0564. The molecule has 2 aliphatic rings. The van der Waals surface area contributed by atoms with Gasteiger partial charge in [0.25, 0.3) is 0 Å². The first-order valence-corrected chi connectivity index (χ1v) is 8.92. The summed E-state index contributed by atoms with van der Waals surface area (Å²) in [6.45, 7) is 9.85. The number of carbonyl (C=O) groups is 1. The van der Waals surface area contributed by atoms with E-state index in [4.69, 9.17) is 9.84 Å². The standard InChI is InChI=1S/C20H30O5/c1-12(9-15(22)10-13(2)11-21)5-6-14-7-8-16-17(20(14,3)4)19(24)25-18(16)23/h10,14-15,18,21-23H,1,5-9,11H2,2-4H3. The lowest BCUT2D eigenvalue weighted by Gasteiger charge is -2.39. The van der Waals surface area contributed by atoms with Gasteiger partial charge in [-0.1, -0.05) is 32.1 Å². The molecule has 1 heterocycles. The van der Waals surface area contributed by atoms with E-state index in [0.29, 0.717) is 24.3 Å². The molecule has 3 N–H and O–H groups in total. The zero-order valence-corrected chi connectivity index (χ0v) is 15.4. The maximum atomic E-state index is 12.1. The number of cyclic esters (lactones) is 1. The molecule has 3 atom stereocenters. The van der Waals surface area contributed by atoms with Crippen LogP contribution in [0.2, 0.25) is 0 Å². The zero-order valence-electron chi connectivity index (χ0n) is 15.4. The summed E-state index contributed by atoms with van der Waals surface area (Å²) in [4.78, 5) is 12.1. The Kier molecular flexibility index (Phi) is 6.25. The normalized spacial score (nSPS) is 27.1. The summed E-state index contributed by atoms with van der Waals surface area (Å²) >= 11 is 0. The van der Waals surface area contributed by atoms with Crippen LogP contribution >= 0.6 is 0 Å². The van der Waals surface area contributed by atoms with Crippen molar-refractivity contribution in [1.29, 1.82) is 0 Å². The minimum atomic E-state index is -1.07. The van der Waals surface area contributed by atoms with E-state index in [0.717, 1.165) is 36.0 Å². The molecule has 0 aromatic heterocycles. The second kappa shape index (κ2) is 7.85. The number of hydrogen-bond acceptors (Lipinski definition) is 5. The van der Waals surface area contributed by atoms with Crippen LogP contribution in [0.25, 0.3) is 0 Å². The highest BCUT2D eigenvalue weighted by Gasteiger charge is 2.47. The third-order valence-corrected chi connectivity index (χ3v) is 5.54. The molecule has 5 nitrogen and oxygen atoms in total. The first-order valence-electron chi connectivity index (χ1n) is 8.92. The van der Waals surface area contributed by atoms with Crippen LogP contribution in [0.15, 0.2) is 34.9 Å². The number of ether oxygens (including phenoxy) is 1. The van der Waals surface area contributed by atoms with E-state index in [1.807, 2.05) is 13.8 Å². The Morgan fingerprint density at radius 1 is 1.48 bits per heavy atom. The summed E-state index contributed by atoms with van der Waals surface area (Å²) in [5.41, 5.74) is 2.74. The topological polar surface area (TPSA) is 87.0 Å². The molecule has 0 saturated carbocycles. The molecule has 5 heteroatoms. The SMILES string of the molecule is C=C(CCC1CCC2=C(C(=O)OC2O)C1(C)C)CC(O)C=C(C)CO. The molecule has 0 aromatic carbocycles. The van der Waals surface area contributed by atoms with E-state index in [1.165, 1.54) is 0 Å². The molecule has 0 fully saturated rings. The van der Waals surface area contributed by atoms with Crippen molar-refractivity contribution in [3.05, 3.63) is 34.9 Å². The van der Waals surface area contributed by atoms with Crippen LogP contribution in [0.3, 0.4) is 0 Å². The Balaban J connectivity index is 1.95. The van der Waals surface area contributed by atoms with Gasteiger partial charge in [-0.2, -0.15) is 0 Å². The molecule has 0 aromatic rings. The average molecular weight is 350 g/mol. The van der Waals surface area contributed by atoms with Gasteiger partial charge in [-0.15, -0.1) is 0 Å². The van der Waals surface area contributed by atoms with Crippen molar-refractivity contribution < 1.29 is 24.9 Å². The number of carbonyl (C=O) groups excluding carboxylic acids is 1. The van der Waals surface area contributed by atoms with E-state index in [9.17, 15) is 15.0 Å². The lowest BCUT2D eigenvalue weighted by molar-refractivity contribution is -0.152. The lowest BCUT2D eigenvalue weighted by atomic mass is 9.64. The second-order valence-electron chi connectivity index (χ2n) is 7.85. The predicted molar refractivity (Wildman–Crippen MR) is 95.5 cm³/mol. The fraction of sp³-hybridized carbons (Fsp3) is 0.650. The maximum Gasteiger partial charge on any atom is 0.337 e. The summed E-state index contributed by atoms with van der Waals surface area (Å²) in [6.07, 6.45) is 3.66. The fourth-order valence-electron chi connectivity index (χ4n) is 4.03. The van der Waals surface area contributed by atoms with Crippen molar-refractivity contribution in [3.8, 4) is 0 Å². The van der Waals surface area contributed by atoms with E-state index < -0.39 is 18.4 Å². The first kappa shape index (κ1) is 19.9. The van der Waals surface area contributed by atoms with Gasteiger partial charge in [0.1, 0.15) is 0 Å².